The van der Waals surface area contributed by atoms with Crippen LogP contribution in [-0.4, -0.2) is 40.7 Å². The Morgan fingerprint density at radius 2 is 2.00 bits per heavy atom. The van der Waals surface area contributed by atoms with Gasteiger partial charge in [0.25, 0.3) is 5.91 Å². The molecule has 7 nitrogen and oxygen atoms in total. The van der Waals surface area contributed by atoms with E-state index in [0.717, 1.165) is 11.1 Å². The normalized spacial score (nSPS) is 17.9. The van der Waals surface area contributed by atoms with Crippen LogP contribution in [0.2, 0.25) is 5.02 Å². The zero-order chi connectivity index (χ0) is 22.1. The van der Waals surface area contributed by atoms with E-state index in [-0.39, 0.29) is 17.8 Å². The molecule has 0 radical (unpaired) electrons. The lowest BCUT2D eigenvalue weighted by Crippen LogP contribution is -2.49. The number of hydrogen-bond acceptors (Lipinski definition) is 3. The van der Waals surface area contributed by atoms with Gasteiger partial charge in [0.2, 0.25) is 5.91 Å². The Kier molecular flexibility index (Phi) is 5.69. The summed E-state index contributed by atoms with van der Waals surface area (Å²) in [5, 5.41) is 6.16. The lowest BCUT2D eigenvalue weighted by Gasteiger charge is -2.31. The Balaban J connectivity index is 1.48. The minimum Gasteiger partial charge on any atom is -0.329 e. The maximum atomic E-state index is 13.0. The van der Waals surface area contributed by atoms with Gasteiger partial charge < -0.3 is 20.4 Å². The monoisotopic (exact) mass is 438 g/mol. The fourth-order valence-corrected chi connectivity index (χ4v) is 4.08. The van der Waals surface area contributed by atoms with Gasteiger partial charge in [-0.3, -0.25) is 9.59 Å². The first kappa shape index (κ1) is 20.9. The number of hydrogen-bond donors (Lipinski definition) is 2. The third kappa shape index (κ3) is 4.27. The Morgan fingerprint density at radius 1 is 1.26 bits per heavy atom. The van der Waals surface area contributed by atoms with Crippen molar-refractivity contribution < 1.29 is 14.4 Å². The number of rotatable bonds is 4. The molecule has 4 amide bonds. The number of nitrogens with zero attached hydrogens (tertiary/aromatic N) is 2. The van der Waals surface area contributed by atoms with Crippen molar-refractivity contribution in [2.24, 2.45) is 0 Å². The molecule has 4 rings (SSSR count). The van der Waals surface area contributed by atoms with Gasteiger partial charge in [0, 0.05) is 42.1 Å². The minimum atomic E-state index is -0.510. The summed E-state index contributed by atoms with van der Waals surface area (Å²) in [5.41, 5.74) is 3.64. The van der Waals surface area contributed by atoms with Crippen LogP contribution in [0.25, 0.3) is 0 Å². The second-order valence-corrected chi connectivity index (χ2v) is 8.25. The fraction of sp³-hybridized carbons (Fsp3) is 0.261. The molecule has 2 aromatic carbocycles. The van der Waals surface area contributed by atoms with Crippen molar-refractivity contribution in [1.29, 1.82) is 0 Å². The molecule has 0 saturated carbocycles. The highest BCUT2D eigenvalue weighted by atomic mass is 35.5. The highest BCUT2D eigenvalue weighted by Crippen LogP contribution is 2.31. The maximum Gasteiger partial charge on any atom is 0.321 e. The molecule has 0 spiro atoms. The van der Waals surface area contributed by atoms with E-state index >= 15 is 0 Å². The minimum absolute atomic E-state index is 0.155. The number of carbonyl (C=O) groups is 3. The lowest BCUT2D eigenvalue weighted by molar-refractivity contribution is -0.126. The molecule has 2 heterocycles. The quantitative estimate of drug-likeness (QED) is 0.762. The lowest BCUT2D eigenvalue weighted by atomic mass is 10.0. The topological polar surface area (TPSA) is 81.8 Å². The van der Waals surface area contributed by atoms with E-state index in [4.69, 9.17) is 11.6 Å². The van der Waals surface area contributed by atoms with Crippen molar-refractivity contribution in [3.8, 4) is 0 Å². The third-order valence-corrected chi connectivity index (χ3v) is 5.89. The van der Waals surface area contributed by atoms with Gasteiger partial charge in [-0.15, -0.1) is 0 Å². The van der Waals surface area contributed by atoms with Gasteiger partial charge in [0.05, 0.1) is 0 Å². The summed E-state index contributed by atoms with van der Waals surface area (Å²) >= 11 is 5.88. The van der Waals surface area contributed by atoms with E-state index in [9.17, 15) is 14.4 Å². The van der Waals surface area contributed by atoms with Crippen molar-refractivity contribution in [3.05, 3.63) is 76.5 Å². The van der Waals surface area contributed by atoms with Crippen LogP contribution in [-0.2, 0) is 17.9 Å². The first-order chi connectivity index (χ1) is 14.8. The van der Waals surface area contributed by atoms with Crippen LogP contribution < -0.4 is 10.6 Å². The molecule has 1 fully saturated rings. The molecule has 2 aliphatic heterocycles. The standard InChI is InChI=1S/C23H23ClN4O3/c1-14-6-11-20(21(29)25-14)28-13-19-15(4-3-5-18(19)22(28)30)12-27(2)23(31)26-17-9-7-16(24)8-10-17/h3-5,7-10,20H,1,6,11-13H2,2H3,(H,25,29)(H,26,31). The molecule has 1 atom stereocenters. The summed E-state index contributed by atoms with van der Waals surface area (Å²) in [7, 11) is 1.69. The summed E-state index contributed by atoms with van der Waals surface area (Å²) in [4.78, 5) is 41.1. The van der Waals surface area contributed by atoms with E-state index in [1.165, 1.54) is 0 Å². The number of fused-ring (bicyclic) bond motifs is 1. The number of piperidine rings is 1. The molecule has 2 aliphatic rings. The fourth-order valence-electron chi connectivity index (χ4n) is 3.96. The van der Waals surface area contributed by atoms with E-state index in [0.29, 0.717) is 47.9 Å². The summed E-state index contributed by atoms with van der Waals surface area (Å²) < 4.78 is 0. The summed E-state index contributed by atoms with van der Waals surface area (Å²) in [6, 6.07) is 11.6. The van der Waals surface area contributed by atoms with Gasteiger partial charge in [0.1, 0.15) is 6.04 Å². The Labute approximate surface area is 185 Å². The number of carbonyl (C=O) groups excluding carboxylic acids is 3. The van der Waals surface area contributed by atoms with Crippen molar-refractivity contribution >= 4 is 35.1 Å². The zero-order valence-corrected chi connectivity index (χ0v) is 17.9. The molecule has 2 aromatic rings. The van der Waals surface area contributed by atoms with Gasteiger partial charge >= 0.3 is 6.03 Å². The first-order valence-electron chi connectivity index (χ1n) is 10.0. The largest absolute Gasteiger partial charge is 0.329 e. The molecular formula is C23H23ClN4O3. The van der Waals surface area contributed by atoms with E-state index in [2.05, 4.69) is 17.2 Å². The molecule has 160 valence electrons. The Hall–Kier alpha value is -3.32. The molecule has 2 N–H and O–H groups in total. The molecule has 0 aromatic heterocycles. The Bertz CT molecular complexity index is 1070. The van der Waals surface area contributed by atoms with Gasteiger partial charge in [-0.05, 0) is 54.3 Å². The average Bonchev–Trinajstić information content (AvgIpc) is 3.07. The van der Waals surface area contributed by atoms with Crippen molar-refractivity contribution in [2.75, 3.05) is 12.4 Å². The molecule has 0 bridgehead atoms. The van der Waals surface area contributed by atoms with E-state index < -0.39 is 6.04 Å². The van der Waals surface area contributed by atoms with Gasteiger partial charge in [-0.25, -0.2) is 4.79 Å². The van der Waals surface area contributed by atoms with Crippen LogP contribution in [0.5, 0.6) is 0 Å². The predicted octanol–water partition coefficient (Wildman–Crippen LogP) is 3.75. The summed E-state index contributed by atoms with van der Waals surface area (Å²) in [6.07, 6.45) is 1.21. The van der Waals surface area contributed by atoms with Crippen LogP contribution in [0.15, 0.2) is 54.7 Å². The number of allylic oxidation sites excluding steroid dienone is 1. The van der Waals surface area contributed by atoms with Crippen LogP contribution in [0.1, 0.15) is 34.3 Å². The molecule has 1 unspecified atom stereocenters. The number of nitrogens with one attached hydrogen (secondary N) is 2. The maximum absolute atomic E-state index is 13.0. The van der Waals surface area contributed by atoms with E-state index in [1.807, 2.05) is 12.1 Å². The average molecular weight is 439 g/mol. The molecule has 31 heavy (non-hydrogen) atoms. The highest BCUT2D eigenvalue weighted by Gasteiger charge is 2.38. The zero-order valence-electron chi connectivity index (χ0n) is 17.2. The number of benzene rings is 2. The molecule has 0 aliphatic carbocycles. The van der Waals surface area contributed by atoms with Crippen LogP contribution in [0.4, 0.5) is 10.5 Å². The molecule has 1 saturated heterocycles. The second-order valence-electron chi connectivity index (χ2n) is 7.82. The van der Waals surface area contributed by atoms with Crippen molar-refractivity contribution in [2.45, 2.75) is 32.0 Å². The van der Waals surface area contributed by atoms with E-state index in [1.54, 1.807) is 47.2 Å². The van der Waals surface area contributed by atoms with Crippen LogP contribution in [0.3, 0.4) is 0 Å². The highest BCUT2D eigenvalue weighted by molar-refractivity contribution is 6.30. The van der Waals surface area contributed by atoms with Gasteiger partial charge in [-0.1, -0.05) is 30.3 Å². The van der Waals surface area contributed by atoms with Crippen molar-refractivity contribution in [3.63, 3.8) is 0 Å². The Morgan fingerprint density at radius 3 is 2.71 bits per heavy atom. The second kappa shape index (κ2) is 8.43. The number of halogens is 1. The third-order valence-electron chi connectivity index (χ3n) is 5.64. The van der Waals surface area contributed by atoms with Gasteiger partial charge in [0.15, 0.2) is 0 Å². The summed E-state index contributed by atoms with van der Waals surface area (Å²) in [6.45, 7) is 4.48. The van der Waals surface area contributed by atoms with Crippen LogP contribution >= 0.6 is 11.6 Å². The number of anilines is 1. The van der Waals surface area contributed by atoms with Crippen molar-refractivity contribution in [1.82, 2.24) is 15.1 Å². The van der Waals surface area contributed by atoms with Gasteiger partial charge in [-0.2, -0.15) is 0 Å². The molecule has 8 heteroatoms. The van der Waals surface area contributed by atoms with Crippen LogP contribution in [0, 0.1) is 0 Å². The SMILES string of the molecule is C=C1CCC(N2Cc3c(CN(C)C(=O)Nc4ccc(Cl)cc4)cccc3C2=O)C(=O)N1. The number of urea groups is 1. The smallest absolute Gasteiger partial charge is 0.321 e. The predicted molar refractivity (Wildman–Crippen MR) is 119 cm³/mol. The first-order valence-corrected chi connectivity index (χ1v) is 10.4. The number of amides is 4. The summed E-state index contributed by atoms with van der Waals surface area (Å²) in [5.74, 6) is -0.351. The molecular weight excluding hydrogens is 416 g/mol.